The van der Waals surface area contributed by atoms with E-state index < -0.39 is 11.9 Å². The number of hydrogen-bond acceptors (Lipinski definition) is 2. The molecular weight excluding hydrogens is 532 g/mol. The molecular formula is C36H33ClO4. The molecule has 41 heavy (non-hydrogen) atoms. The second-order valence-electron chi connectivity index (χ2n) is 10.2. The van der Waals surface area contributed by atoms with Gasteiger partial charge in [0.05, 0.1) is 11.1 Å². The molecule has 0 fully saturated rings. The van der Waals surface area contributed by atoms with Crippen molar-refractivity contribution in [2.45, 2.75) is 39.5 Å². The van der Waals surface area contributed by atoms with Crippen LogP contribution in [0.2, 0.25) is 5.02 Å². The Kier molecular flexibility index (Phi) is 9.94. The number of fused-ring (bicyclic) bond motifs is 1. The predicted octanol–water partition coefficient (Wildman–Crippen LogP) is 8.76. The van der Waals surface area contributed by atoms with Gasteiger partial charge in [-0.25, -0.2) is 9.59 Å². The van der Waals surface area contributed by atoms with Crippen molar-refractivity contribution in [3.05, 3.63) is 153 Å². The molecule has 0 bridgehead atoms. The highest BCUT2D eigenvalue weighted by Gasteiger charge is 2.11. The monoisotopic (exact) mass is 564 g/mol. The summed E-state index contributed by atoms with van der Waals surface area (Å²) < 4.78 is 0. The van der Waals surface area contributed by atoms with Crippen LogP contribution in [0.3, 0.4) is 0 Å². The molecule has 208 valence electrons. The van der Waals surface area contributed by atoms with Crippen molar-refractivity contribution in [1.82, 2.24) is 0 Å². The molecule has 5 heteroatoms. The maximum absolute atomic E-state index is 11.4. The Morgan fingerprint density at radius 2 is 1.10 bits per heavy atom. The van der Waals surface area contributed by atoms with E-state index in [1.165, 1.54) is 16.3 Å². The van der Waals surface area contributed by atoms with Crippen LogP contribution in [-0.4, -0.2) is 22.2 Å². The maximum Gasteiger partial charge on any atom is 0.335 e. The van der Waals surface area contributed by atoms with Crippen LogP contribution in [0, 0.1) is 13.8 Å². The topological polar surface area (TPSA) is 74.6 Å². The first-order valence-electron chi connectivity index (χ1n) is 13.6. The van der Waals surface area contributed by atoms with E-state index in [4.69, 9.17) is 11.6 Å². The van der Waals surface area contributed by atoms with Crippen LogP contribution in [0.4, 0.5) is 0 Å². The summed E-state index contributed by atoms with van der Waals surface area (Å²) in [4.78, 5) is 22.6. The molecule has 0 unspecified atom stereocenters. The van der Waals surface area contributed by atoms with Gasteiger partial charge in [-0.05, 0) is 96.8 Å². The molecule has 0 saturated heterocycles. The van der Waals surface area contributed by atoms with Crippen LogP contribution in [0.1, 0.15) is 54.1 Å². The normalized spacial score (nSPS) is 10.6. The van der Waals surface area contributed by atoms with Crippen molar-refractivity contribution < 1.29 is 19.8 Å². The van der Waals surface area contributed by atoms with E-state index in [1.54, 1.807) is 12.1 Å². The van der Waals surface area contributed by atoms with E-state index in [1.807, 2.05) is 74.5 Å². The standard InChI is InChI=1S/C20H18O2.C16H15ClO2/c1-14-9-10-17(19(13-14)20(21)22)12-11-16-7-4-6-15-5-2-3-8-18(15)16;1-11-2-6-13(15(10-11)16(18)19)7-3-12-4-8-14(17)9-5-12/h2-10,13H,11-12H2,1H3,(H,21,22);2,4-6,8-10H,3,7H2,1H3,(H,18,19). The molecule has 0 amide bonds. The molecule has 0 aliphatic rings. The molecule has 0 aromatic heterocycles. The molecule has 0 aliphatic carbocycles. The summed E-state index contributed by atoms with van der Waals surface area (Å²) in [6, 6.07) is 33.5. The Bertz CT molecular complexity index is 1670. The van der Waals surface area contributed by atoms with E-state index in [0.29, 0.717) is 22.6 Å². The summed E-state index contributed by atoms with van der Waals surface area (Å²) in [7, 11) is 0. The fourth-order valence-electron chi connectivity index (χ4n) is 4.92. The number of carbonyl (C=O) groups is 2. The number of hydrogen-bond donors (Lipinski definition) is 2. The third kappa shape index (κ3) is 8.06. The van der Waals surface area contributed by atoms with Gasteiger partial charge in [-0.3, -0.25) is 0 Å². The predicted molar refractivity (Wildman–Crippen MR) is 166 cm³/mol. The molecule has 0 heterocycles. The number of aryl methyl sites for hydroxylation is 6. The number of carboxylic acid groups (broad SMARTS) is 2. The van der Waals surface area contributed by atoms with E-state index >= 15 is 0 Å². The van der Waals surface area contributed by atoms with Crippen LogP contribution in [0.25, 0.3) is 10.8 Å². The molecule has 4 nitrogen and oxygen atoms in total. The Morgan fingerprint density at radius 3 is 1.68 bits per heavy atom. The van der Waals surface area contributed by atoms with Crippen molar-refractivity contribution in [3.8, 4) is 0 Å². The molecule has 0 aliphatic heterocycles. The second-order valence-corrected chi connectivity index (χ2v) is 10.6. The second kappa shape index (κ2) is 13.8. The summed E-state index contributed by atoms with van der Waals surface area (Å²) in [6.07, 6.45) is 3.09. The fraction of sp³-hybridized carbons (Fsp3) is 0.167. The highest BCUT2D eigenvalue weighted by atomic mass is 35.5. The van der Waals surface area contributed by atoms with Gasteiger partial charge in [-0.2, -0.15) is 0 Å². The highest BCUT2D eigenvalue weighted by molar-refractivity contribution is 6.30. The first kappa shape index (κ1) is 29.6. The zero-order valence-corrected chi connectivity index (χ0v) is 24.0. The van der Waals surface area contributed by atoms with Gasteiger partial charge in [0, 0.05) is 5.02 Å². The van der Waals surface area contributed by atoms with E-state index in [0.717, 1.165) is 47.1 Å². The van der Waals surface area contributed by atoms with Crippen LogP contribution in [0.15, 0.2) is 103 Å². The van der Waals surface area contributed by atoms with Gasteiger partial charge in [-0.1, -0.05) is 102 Å². The third-order valence-electron chi connectivity index (χ3n) is 7.13. The fourth-order valence-corrected chi connectivity index (χ4v) is 5.05. The molecule has 0 saturated carbocycles. The lowest BCUT2D eigenvalue weighted by Gasteiger charge is -2.09. The lowest BCUT2D eigenvalue weighted by Crippen LogP contribution is -2.04. The quantitative estimate of drug-likeness (QED) is 0.197. The number of aromatic carboxylic acids is 2. The number of carboxylic acids is 2. The Labute approximate surface area is 245 Å². The molecule has 0 spiro atoms. The minimum atomic E-state index is -0.866. The van der Waals surface area contributed by atoms with Crippen molar-refractivity contribution in [2.24, 2.45) is 0 Å². The van der Waals surface area contributed by atoms with Gasteiger partial charge >= 0.3 is 11.9 Å². The first-order chi connectivity index (χ1) is 19.7. The van der Waals surface area contributed by atoms with E-state index in [2.05, 4.69) is 30.3 Å². The van der Waals surface area contributed by atoms with Crippen molar-refractivity contribution in [3.63, 3.8) is 0 Å². The summed E-state index contributed by atoms with van der Waals surface area (Å²) in [5, 5.41) is 21.7. The van der Waals surface area contributed by atoms with Crippen LogP contribution >= 0.6 is 11.6 Å². The van der Waals surface area contributed by atoms with Crippen LogP contribution < -0.4 is 0 Å². The molecule has 5 rings (SSSR count). The minimum Gasteiger partial charge on any atom is -0.478 e. The van der Waals surface area contributed by atoms with Gasteiger partial charge < -0.3 is 10.2 Å². The van der Waals surface area contributed by atoms with E-state index in [-0.39, 0.29) is 0 Å². The van der Waals surface area contributed by atoms with Gasteiger partial charge in [-0.15, -0.1) is 0 Å². The largest absolute Gasteiger partial charge is 0.478 e. The van der Waals surface area contributed by atoms with Gasteiger partial charge in [0.25, 0.3) is 0 Å². The van der Waals surface area contributed by atoms with Crippen LogP contribution in [-0.2, 0) is 25.7 Å². The van der Waals surface area contributed by atoms with Gasteiger partial charge in [0.2, 0.25) is 0 Å². The van der Waals surface area contributed by atoms with Crippen molar-refractivity contribution in [1.29, 1.82) is 0 Å². The molecule has 5 aromatic rings. The summed E-state index contributed by atoms with van der Waals surface area (Å²) >= 11 is 5.84. The number of halogens is 1. The Hall–Kier alpha value is -4.41. The molecule has 0 atom stereocenters. The summed E-state index contributed by atoms with van der Waals surface area (Å²) in [5.74, 6) is -1.72. The summed E-state index contributed by atoms with van der Waals surface area (Å²) in [5.41, 5.74) is 6.93. The molecule has 2 N–H and O–H groups in total. The van der Waals surface area contributed by atoms with Crippen LogP contribution in [0.5, 0.6) is 0 Å². The molecule has 0 radical (unpaired) electrons. The number of rotatable bonds is 8. The van der Waals surface area contributed by atoms with Crippen molar-refractivity contribution in [2.75, 3.05) is 0 Å². The lowest BCUT2D eigenvalue weighted by atomic mass is 9.95. The maximum atomic E-state index is 11.4. The van der Waals surface area contributed by atoms with E-state index in [9.17, 15) is 19.8 Å². The zero-order valence-electron chi connectivity index (χ0n) is 23.2. The minimum absolute atomic E-state index is 0.397. The highest BCUT2D eigenvalue weighted by Crippen LogP contribution is 2.22. The Balaban J connectivity index is 0.000000191. The summed E-state index contributed by atoms with van der Waals surface area (Å²) in [6.45, 7) is 3.82. The Morgan fingerprint density at radius 1 is 0.585 bits per heavy atom. The number of benzene rings is 5. The van der Waals surface area contributed by atoms with Crippen molar-refractivity contribution >= 4 is 34.3 Å². The smallest absolute Gasteiger partial charge is 0.335 e. The van der Waals surface area contributed by atoms with Gasteiger partial charge in [0.15, 0.2) is 0 Å². The lowest BCUT2D eigenvalue weighted by molar-refractivity contribution is 0.0684. The molecule has 5 aromatic carbocycles. The zero-order chi connectivity index (χ0) is 29.4. The first-order valence-corrected chi connectivity index (χ1v) is 14.0. The van der Waals surface area contributed by atoms with Gasteiger partial charge in [0.1, 0.15) is 0 Å². The average molecular weight is 565 g/mol. The SMILES string of the molecule is Cc1ccc(CCc2ccc(Cl)cc2)c(C(=O)O)c1.Cc1ccc(CCc2cccc3ccccc23)c(C(=O)O)c1. The third-order valence-corrected chi connectivity index (χ3v) is 7.38. The average Bonchev–Trinajstić information content (AvgIpc) is 2.97.